The van der Waals surface area contributed by atoms with Crippen LogP contribution in [0.4, 0.5) is 5.13 Å². The molecule has 1 atom stereocenters. The number of nitrogens with zero attached hydrogens (tertiary/aromatic N) is 2. The first-order valence-corrected chi connectivity index (χ1v) is 6.89. The minimum absolute atomic E-state index is 0.278. The molecular formula is C11H9Cl2N3O2S. The predicted octanol–water partition coefficient (Wildman–Crippen LogP) is 3.25. The molecule has 5 nitrogen and oxygen atoms in total. The fourth-order valence-electron chi connectivity index (χ4n) is 1.25. The van der Waals surface area contributed by atoms with Crippen LogP contribution in [-0.4, -0.2) is 22.2 Å². The molecule has 1 aromatic carbocycles. The standard InChI is InChI=1S/C11H9Cl2N3O2S/c1-6(10(17)15-11-16-14-5-19-11)18-8-4-2-3-7(12)9(8)13/h2-6H,1H3,(H,15,16,17)/t6-/m1/s1. The number of benzene rings is 1. The second-order valence-electron chi connectivity index (χ2n) is 3.55. The molecule has 1 aromatic heterocycles. The van der Waals surface area contributed by atoms with Crippen molar-refractivity contribution in [3.8, 4) is 5.75 Å². The summed E-state index contributed by atoms with van der Waals surface area (Å²) in [6.07, 6.45) is -0.736. The summed E-state index contributed by atoms with van der Waals surface area (Å²) in [6.45, 7) is 1.60. The van der Waals surface area contributed by atoms with Crippen LogP contribution in [0.15, 0.2) is 23.7 Å². The van der Waals surface area contributed by atoms with E-state index in [1.54, 1.807) is 25.1 Å². The minimum atomic E-state index is -0.736. The Morgan fingerprint density at radius 1 is 1.47 bits per heavy atom. The molecule has 0 saturated heterocycles. The van der Waals surface area contributed by atoms with E-state index in [9.17, 15) is 4.79 Å². The minimum Gasteiger partial charge on any atom is -0.479 e. The Balaban J connectivity index is 2.02. The molecule has 0 fully saturated rings. The lowest BCUT2D eigenvalue weighted by atomic mass is 10.3. The molecule has 1 heterocycles. The number of hydrogen-bond acceptors (Lipinski definition) is 5. The van der Waals surface area contributed by atoms with Gasteiger partial charge in [0.1, 0.15) is 16.3 Å². The molecule has 0 bridgehead atoms. The highest BCUT2D eigenvalue weighted by molar-refractivity contribution is 7.13. The zero-order valence-electron chi connectivity index (χ0n) is 9.76. The van der Waals surface area contributed by atoms with E-state index < -0.39 is 6.10 Å². The summed E-state index contributed by atoms with van der Waals surface area (Å²) in [5.41, 5.74) is 1.52. The number of hydrogen-bond donors (Lipinski definition) is 1. The summed E-state index contributed by atoms with van der Waals surface area (Å²) in [4.78, 5) is 11.8. The molecule has 0 unspecified atom stereocenters. The molecule has 1 N–H and O–H groups in total. The van der Waals surface area contributed by atoms with Gasteiger partial charge in [0.05, 0.1) is 5.02 Å². The Morgan fingerprint density at radius 3 is 2.95 bits per heavy atom. The van der Waals surface area contributed by atoms with Crippen molar-refractivity contribution in [2.45, 2.75) is 13.0 Å². The highest BCUT2D eigenvalue weighted by Gasteiger charge is 2.18. The van der Waals surface area contributed by atoms with E-state index in [0.717, 1.165) is 0 Å². The fourth-order valence-corrected chi connectivity index (χ4v) is 2.04. The first-order valence-electron chi connectivity index (χ1n) is 5.25. The highest BCUT2D eigenvalue weighted by atomic mass is 35.5. The third kappa shape index (κ3) is 3.56. The SMILES string of the molecule is C[C@@H](Oc1cccc(Cl)c1Cl)C(=O)Nc1nncs1. The summed E-state index contributed by atoms with van der Waals surface area (Å²) < 4.78 is 5.46. The number of carbonyl (C=O) groups is 1. The number of amides is 1. The summed E-state index contributed by atoms with van der Waals surface area (Å²) in [7, 11) is 0. The molecule has 0 aliphatic carbocycles. The Hall–Kier alpha value is -1.37. The lowest BCUT2D eigenvalue weighted by molar-refractivity contribution is -0.122. The van der Waals surface area contributed by atoms with Crippen molar-refractivity contribution in [3.63, 3.8) is 0 Å². The largest absolute Gasteiger partial charge is 0.479 e. The quantitative estimate of drug-likeness (QED) is 0.940. The van der Waals surface area contributed by atoms with Crippen LogP contribution in [0.25, 0.3) is 0 Å². The first kappa shape index (κ1) is 14.0. The van der Waals surface area contributed by atoms with E-state index in [4.69, 9.17) is 27.9 Å². The maximum absolute atomic E-state index is 11.8. The van der Waals surface area contributed by atoms with Crippen LogP contribution in [-0.2, 0) is 4.79 Å². The van der Waals surface area contributed by atoms with Crippen LogP contribution >= 0.6 is 34.5 Å². The number of halogens is 2. The van der Waals surface area contributed by atoms with Gasteiger partial charge in [-0.05, 0) is 19.1 Å². The maximum atomic E-state index is 11.8. The summed E-state index contributed by atoms with van der Waals surface area (Å²) in [5, 5.41) is 11.0. The zero-order valence-corrected chi connectivity index (χ0v) is 12.1. The predicted molar refractivity (Wildman–Crippen MR) is 75.1 cm³/mol. The molecule has 0 aliphatic heterocycles. The van der Waals surface area contributed by atoms with Crippen molar-refractivity contribution in [2.75, 3.05) is 5.32 Å². The van der Waals surface area contributed by atoms with Crippen molar-refractivity contribution in [2.24, 2.45) is 0 Å². The van der Waals surface area contributed by atoms with E-state index in [1.807, 2.05) is 0 Å². The molecule has 2 rings (SSSR count). The van der Waals surface area contributed by atoms with Gasteiger partial charge in [0.15, 0.2) is 6.10 Å². The van der Waals surface area contributed by atoms with Crippen molar-refractivity contribution in [1.29, 1.82) is 0 Å². The number of nitrogens with one attached hydrogen (secondary N) is 1. The van der Waals surface area contributed by atoms with Crippen molar-refractivity contribution in [1.82, 2.24) is 10.2 Å². The Bertz CT molecular complexity index is 577. The fraction of sp³-hybridized carbons (Fsp3) is 0.182. The lowest BCUT2D eigenvalue weighted by Gasteiger charge is -2.14. The molecular weight excluding hydrogens is 309 g/mol. The molecule has 100 valence electrons. The summed E-state index contributed by atoms with van der Waals surface area (Å²) in [5.74, 6) is 0.0156. The van der Waals surface area contributed by atoms with E-state index in [1.165, 1.54) is 16.8 Å². The van der Waals surface area contributed by atoms with Crippen LogP contribution in [0.2, 0.25) is 10.0 Å². The molecule has 0 saturated carbocycles. The van der Waals surface area contributed by atoms with Gasteiger partial charge in [-0.3, -0.25) is 10.1 Å². The number of rotatable bonds is 4. The summed E-state index contributed by atoms with van der Waals surface area (Å²) >= 11 is 13.1. The van der Waals surface area contributed by atoms with Gasteiger partial charge in [-0.15, -0.1) is 10.2 Å². The van der Waals surface area contributed by atoms with Gasteiger partial charge < -0.3 is 4.74 Å². The molecule has 2 aromatic rings. The van der Waals surface area contributed by atoms with Gasteiger partial charge in [0.25, 0.3) is 5.91 Å². The Kier molecular flexibility index (Phi) is 4.57. The van der Waals surface area contributed by atoms with Crippen molar-refractivity contribution in [3.05, 3.63) is 33.8 Å². The lowest BCUT2D eigenvalue weighted by Crippen LogP contribution is -2.30. The van der Waals surface area contributed by atoms with Gasteiger partial charge in [-0.1, -0.05) is 40.6 Å². The number of aromatic nitrogens is 2. The average molecular weight is 318 g/mol. The Morgan fingerprint density at radius 2 is 2.26 bits per heavy atom. The van der Waals surface area contributed by atoms with Gasteiger partial charge in [-0.2, -0.15) is 0 Å². The van der Waals surface area contributed by atoms with Gasteiger partial charge >= 0.3 is 0 Å². The third-order valence-electron chi connectivity index (χ3n) is 2.18. The second kappa shape index (κ2) is 6.18. The number of ether oxygens (including phenoxy) is 1. The molecule has 0 spiro atoms. The maximum Gasteiger partial charge on any atom is 0.266 e. The van der Waals surface area contributed by atoms with Crippen LogP contribution < -0.4 is 10.1 Å². The summed E-state index contributed by atoms with van der Waals surface area (Å²) in [6, 6.07) is 4.98. The molecule has 1 amide bonds. The van der Waals surface area contributed by atoms with Crippen LogP contribution in [0, 0.1) is 0 Å². The third-order valence-corrected chi connectivity index (χ3v) is 3.59. The molecule has 0 radical (unpaired) electrons. The van der Waals surface area contributed by atoms with E-state index in [0.29, 0.717) is 15.9 Å². The van der Waals surface area contributed by atoms with Crippen LogP contribution in [0.3, 0.4) is 0 Å². The van der Waals surface area contributed by atoms with E-state index in [-0.39, 0.29) is 10.9 Å². The molecule has 0 aliphatic rings. The van der Waals surface area contributed by atoms with Crippen molar-refractivity contribution < 1.29 is 9.53 Å². The van der Waals surface area contributed by atoms with E-state index in [2.05, 4.69) is 15.5 Å². The molecule has 19 heavy (non-hydrogen) atoms. The smallest absolute Gasteiger partial charge is 0.266 e. The van der Waals surface area contributed by atoms with Crippen molar-refractivity contribution >= 4 is 45.6 Å². The normalized spacial score (nSPS) is 11.9. The zero-order chi connectivity index (χ0) is 13.8. The average Bonchev–Trinajstić information content (AvgIpc) is 2.87. The topological polar surface area (TPSA) is 64.1 Å². The van der Waals surface area contributed by atoms with Crippen LogP contribution in [0.1, 0.15) is 6.92 Å². The first-order chi connectivity index (χ1) is 9.08. The van der Waals surface area contributed by atoms with Gasteiger partial charge in [0, 0.05) is 0 Å². The Labute approximate surface area is 123 Å². The second-order valence-corrected chi connectivity index (χ2v) is 5.16. The monoisotopic (exact) mass is 317 g/mol. The number of anilines is 1. The van der Waals surface area contributed by atoms with Gasteiger partial charge in [0.2, 0.25) is 5.13 Å². The van der Waals surface area contributed by atoms with Crippen LogP contribution in [0.5, 0.6) is 5.75 Å². The highest BCUT2D eigenvalue weighted by Crippen LogP contribution is 2.32. The number of carbonyl (C=O) groups excluding carboxylic acids is 1. The molecule has 8 heteroatoms. The van der Waals surface area contributed by atoms with Gasteiger partial charge in [-0.25, -0.2) is 0 Å². The van der Waals surface area contributed by atoms with E-state index >= 15 is 0 Å².